The topological polar surface area (TPSA) is 140 Å². The summed E-state index contributed by atoms with van der Waals surface area (Å²) in [7, 11) is 0. The molecule has 8 atom stereocenters. The van der Waals surface area contributed by atoms with Gasteiger partial charge in [0.25, 0.3) is 0 Å². The van der Waals surface area contributed by atoms with Crippen molar-refractivity contribution in [3.05, 3.63) is 23.3 Å². The first-order valence-corrected chi connectivity index (χ1v) is 9.21. The van der Waals surface area contributed by atoms with Crippen LogP contribution in [0.15, 0.2) is 23.3 Å². The minimum atomic E-state index is -1.53. The Bertz CT molecular complexity index is 568. The van der Waals surface area contributed by atoms with Gasteiger partial charge in [-0.15, -0.1) is 0 Å². The molecule has 156 valence electrons. The second-order valence-corrected chi connectivity index (χ2v) is 8.10. The average Bonchev–Trinajstić information content (AvgIpc) is 2.59. The highest BCUT2D eigenvalue weighted by Gasteiger charge is 2.47. The summed E-state index contributed by atoms with van der Waals surface area (Å²) in [5.41, 5.74) is 1.19. The van der Waals surface area contributed by atoms with E-state index in [4.69, 9.17) is 9.47 Å². The third-order valence-corrected chi connectivity index (χ3v) is 5.36. The third-order valence-electron chi connectivity index (χ3n) is 5.36. The molecule has 1 aliphatic heterocycles. The van der Waals surface area contributed by atoms with E-state index in [1.165, 1.54) is 0 Å². The monoisotopic (exact) mass is 388 g/mol. The molecule has 2 rings (SSSR count). The molecule has 0 spiro atoms. The van der Waals surface area contributed by atoms with Gasteiger partial charge in [-0.2, -0.15) is 0 Å². The lowest BCUT2D eigenvalue weighted by atomic mass is 9.70. The summed E-state index contributed by atoms with van der Waals surface area (Å²) >= 11 is 0. The summed E-state index contributed by atoms with van der Waals surface area (Å²) in [6.45, 7) is 6.83. The smallest absolute Gasteiger partial charge is 0.187 e. The molecule has 0 aromatic carbocycles. The van der Waals surface area contributed by atoms with Crippen molar-refractivity contribution in [3.63, 3.8) is 0 Å². The molecule has 27 heavy (non-hydrogen) atoms. The van der Waals surface area contributed by atoms with Gasteiger partial charge in [-0.05, 0) is 36.8 Å². The molecule has 0 unspecified atom stereocenters. The van der Waals surface area contributed by atoms with Crippen molar-refractivity contribution in [1.29, 1.82) is 0 Å². The van der Waals surface area contributed by atoms with E-state index in [1.807, 2.05) is 13.8 Å². The number of rotatable bonds is 5. The van der Waals surface area contributed by atoms with E-state index in [2.05, 4.69) is 0 Å². The second kappa shape index (κ2) is 8.67. The Hall–Kier alpha value is -0.840. The van der Waals surface area contributed by atoms with E-state index in [9.17, 15) is 30.6 Å². The zero-order chi connectivity index (χ0) is 20.5. The molecule has 1 aliphatic carbocycles. The molecule has 6 N–H and O–H groups in total. The Kier molecular flexibility index (Phi) is 7.21. The van der Waals surface area contributed by atoms with E-state index in [1.54, 1.807) is 26.0 Å². The van der Waals surface area contributed by atoms with Crippen LogP contribution in [0.5, 0.6) is 0 Å². The van der Waals surface area contributed by atoms with Crippen LogP contribution in [0, 0.1) is 5.41 Å². The van der Waals surface area contributed by atoms with Crippen LogP contribution in [-0.2, 0) is 9.47 Å². The van der Waals surface area contributed by atoms with Crippen LogP contribution in [0.1, 0.15) is 34.1 Å². The van der Waals surface area contributed by atoms with Crippen LogP contribution in [0.3, 0.4) is 0 Å². The van der Waals surface area contributed by atoms with E-state index in [-0.39, 0.29) is 5.41 Å². The number of ether oxygens (including phenoxy) is 2. The SMILES string of the molecule is CC1=C(C=C[C@H](C)O)C(C)(C)C[C@H](O[C@@H]2O[C@H](CO)[C@@H](O)[C@H](O)[C@H]2O)[C@@H]1O. The van der Waals surface area contributed by atoms with Crippen molar-refractivity contribution in [2.24, 2.45) is 5.41 Å². The van der Waals surface area contributed by atoms with Crippen molar-refractivity contribution in [1.82, 2.24) is 0 Å². The fourth-order valence-electron chi connectivity index (χ4n) is 3.76. The van der Waals surface area contributed by atoms with Gasteiger partial charge in [0.1, 0.15) is 30.5 Å². The molecule has 0 aromatic heterocycles. The predicted molar refractivity (Wildman–Crippen MR) is 96.6 cm³/mol. The van der Waals surface area contributed by atoms with Crippen LogP contribution in [0.2, 0.25) is 0 Å². The molecule has 0 saturated carbocycles. The van der Waals surface area contributed by atoms with Gasteiger partial charge in [0.05, 0.1) is 18.8 Å². The molecule has 8 nitrogen and oxygen atoms in total. The Morgan fingerprint density at radius 1 is 1.19 bits per heavy atom. The molecule has 8 heteroatoms. The Morgan fingerprint density at radius 3 is 2.37 bits per heavy atom. The quantitative estimate of drug-likeness (QED) is 0.360. The van der Waals surface area contributed by atoms with Crippen LogP contribution < -0.4 is 0 Å². The summed E-state index contributed by atoms with van der Waals surface area (Å²) in [6, 6.07) is 0. The first-order valence-electron chi connectivity index (χ1n) is 9.21. The molecule has 0 aromatic rings. The van der Waals surface area contributed by atoms with Crippen molar-refractivity contribution in [2.45, 2.75) is 83.1 Å². The lowest BCUT2D eigenvalue weighted by Crippen LogP contribution is -2.60. The second-order valence-electron chi connectivity index (χ2n) is 8.10. The van der Waals surface area contributed by atoms with Gasteiger partial charge in [-0.25, -0.2) is 0 Å². The lowest BCUT2D eigenvalue weighted by molar-refractivity contribution is -0.318. The van der Waals surface area contributed by atoms with Crippen molar-refractivity contribution in [3.8, 4) is 0 Å². The summed E-state index contributed by atoms with van der Waals surface area (Å²) in [5, 5.41) is 59.4. The predicted octanol–water partition coefficient (Wildman–Crippen LogP) is -0.784. The number of hydrogen-bond donors (Lipinski definition) is 6. The zero-order valence-corrected chi connectivity index (χ0v) is 16.2. The minimum absolute atomic E-state index is 0.381. The van der Waals surface area contributed by atoms with Crippen LogP contribution in [0.25, 0.3) is 0 Å². The summed E-state index contributed by atoms with van der Waals surface area (Å²) in [5.74, 6) is 0. The van der Waals surface area contributed by atoms with Gasteiger partial charge in [0, 0.05) is 0 Å². The van der Waals surface area contributed by atoms with E-state index < -0.39 is 55.6 Å². The highest BCUT2D eigenvalue weighted by Crippen LogP contribution is 2.43. The fourth-order valence-corrected chi connectivity index (χ4v) is 3.76. The average molecular weight is 388 g/mol. The summed E-state index contributed by atoms with van der Waals surface area (Å²) in [4.78, 5) is 0. The number of hydrogen-bond acceptors (Lipinski definition) is 8. The van der Waals surface area contributed by atoms with Crippen LogP contribution >= 0.6 is 0 Å². The Balaban J connectivity index is 2.21. The van der Waals surface area contributed by atoms with E-state index in [0.717, 1.165) is 5.57 Å². The summed E-state index contributed by atoms with van der Waals surface area (Å²) < 4.78 is 11.2. The van der Waals surface area contributed by atoms with Crippen molar-refractivity contribution >= 4 is 0 Å². The van der Waals surface area contributed by atoms with Crippen molar-refractivity contribution < 1.29 is 40.1 Å². The first-order chi connectivity index (χ1) is 12.5. The highest BCUT2D eigenvalue weighted by atomic mass is 16.7. The molecule has 2 aliphatic rings. The molecular weight excluding hydrogens is 356 g/mol. The maximum Gasteiger partial charge on any atom is 0.187 e. The van der Waals surface area contributed by atoms with Crippen molar-refractivity contribution in [2.75, 3.05) is 6.61 Å². The minimum Gasteiger partial charge on any atom is -0.394 e. The third kappa shape index (κ3) is 4.78. The first kappa shape index (κ1) is 22.4. The molecule has 1 saturated heterocycles. The Morgan fingerprint density at radius 2 is 1.81 bits per heavy atom. The summed E-state index contributed by atoms with van der Waals surface area (Å²) in [6.07, 6.45) is -5.32. The maximum atomic E-state index is 10.7. The van der Waals surface area contributed by atoms with Gasteiger partial charge >= 0.3 is 0 Å². The highest BCUT2D eigenvalue weighted by molar-refractivity contribution is 5.36. The fraction of sp³-hybridized carbons (Fsp3) is 0.789. The number of aliphatic hydroxyl groups is 6. The standard InChI is InChI=1S/C19H32O8/c1-9(21)5-6-11-10(2)14(22)12(7-19(11,3)4)26-18-17(25)16(24)15(23)13(8-20)27-18/h5-6,9,12-18,20-25H,7-8H2,1-4H3/t9-,12-,13+,14+,15+,16-,17+,18+/m0/s1. The van der Waals surface area contributed by atoms with Gasteiger partial charge in [-0.1, -0.05) is 26.0 Å². The largest absolute Gasteiger partial charge is 0.394 e. The van der Waals surface area contributed by atoms with Gasteiger partial charge in [0.2, 0.25) is 0 Å². The zero-order valence-electron chi connectivity index (χ0n) is 16.2. The van der Waals surface area contributed by atoms with Gasteiger partial charge in [-0.3, -0.25) is 0 Å². The molecule has 1 heterocycles. The molecule has 0 amide bonds. The van der Waals surface area contributed by atoms with E-state index >= 15 is 0 Å². The lowest BCUT2D eigenvalue weighted by Gasteiger charge is -2.45. The van der Waals surface area contributed by atoms with Crippen LogP contribution in [-0.4, -0.2) is 86.3 Å². The Labute approximate surface area is 159 Å². The normalized spacial score (nSPS) is 41.2. The molecular formula is C19H32O8. The van der Waals surface area contributed by atoms with Gasteiger partial charge < -0.3 is 40.1 Å². The van der Waals surface area contributed by atoms with E-state index in [0.29, 0.717) is 12.0 Å². The number of allylic oxidation sites excluding steroid dienone is 2. The maximum absolute atomic E-state index is 10.7. The number of aliphatic hydroxyl groups excluding tert-OH is 6. The molecule has 0 bridgehead atoms. The molecule has 0 radical (unpaired) electrons. The van der Waals surface area contributed by atoms with Gasteiger partial charge in [0.15, 0.2) is 6.29 Å². The molecule has 1 fully saturated rings. The van der Waals surface area contributed by atoms with Crippen LogP contribution in [0.4, 0.5) is 0 Å².